The number of pyridine rings is 1. The second kappa shape index (κ2) is 10.5. The van der Waals surface area contributed by atoms with Crippen molar-refractivity contribution in [2.75, 3.05) is 32.8 Å². The number of amides is 1. The maximum Gasteiger partial charge on any atom is 0.410 e. The molecule has 2 aromatic rings. The highest BCUT2D eigenvalue weighted by Crippen LogP contribution is 2.40. The number of piperidine rings is 1. The van der Waals surface area contributed by atoms with Gasteiger partial charge in [-0.15, -0.1) is 0 Å². The summed E-state index contributed by atoms with van der Waals surface area (Å²) in [5.74, 6) is -1.87. The third kappa shape index (κ3) is 6.19. The fraction of sp³-hybridized carbons (Fsp3) is 0.519. The quantitative estimate of drug-likeness (QED) is 0.413. The highest BCUT2D eigenvalue weighted by molar-refractivity contribution is 6.11. The molecule has 1 spiro atoms. The van der Waals surface area contributed by atoms with Crippen molar-refractivity contribution in [3.8, 4) is 0 Å². The normalized spacial score (nSPS) is 18.2. The third-order valence-corrected chi connectivity index (χ3v) is 6.38. The fourth-order valence-corrected chi connectivity index (χ4v) is 4.90. The molecule has 36 heavy (non-hydrogen) atoms. The van der Waals surface area contributed by atoms with E-state index in [2.05, 4.69) is 15.0 Å². The number of likely N-dealkylation sites (tertiary alicyclic amines) is 2. The van der Waals surface area contributed by atoms with Gasteiger partial charge in [-0.3, -0.25) is 9.88 Å². The number of hydrogen-bond acceptors (Lipinski definition) is 6. The molecular formula is C27H34F2N4O3. The van der Waals surface area contributed by atoms with Gasteiger partial charge in [0.15, 0.2) is 11.6 Å². The van der Waals surface area contributed by atoms with Crippen molar-refractivity contribution in [3.05, 3.63) is 65.0 Å². The molecule has 0 radical (unpaired) electrons. The standard InChI is InChI=1S/C27H34F2N4O3/c1-5-35-31-24(20-8-9-21(28)22(29)13-20)23-10-7-19(14-30-23)15-32-16-27(17-32)11-6-12-33(18-27)25(34)36-26(2,3)4/h7-10,13-14H,5-6,11-12,15-18H2,1-4H3/b31-24+. The number of oxime groups is 1. The number of benzene rings is 1. The van der Waals surface area contributed by atoms with Gasteiger partial charge in [0.05, 0.1) is 5.69 Å². The summed E-state index contributed by atoms with van der Waals surface area (Å²) in [4.78, 5) is 26.4. The zero-order valence-corrected chi connectivity index (χ0v) is 21.4. The average molecular weight is 501 g/mol. The molecule has 9 heteroatoms. The van der Waals surface area contributed by atoms with Gasteiger partial charge >= 0.3 is 6.09 Å². The Balaban J connectivity index is 1.37. The minimum absolute atomic E-state index is 0.118. The van der Waals surface area contributed by atoms with Gasteiger partial charge in [0.25, 0.3) is 0 Å². The fourth-order valence-electron chi connectivity index (χ4n) is 4.90. The lowest BCUT2D eigenvalue weighted by atomic mass is 9.73. The Morgan fingerprint density at radius 3 is 2.56 bits per heavy atom. The SMILES string of the molecule is CCO/N=C(\c1ccc(F)c(F)c1)c1ccc(CN2CC3(CCCN(C(=O)OC(C)(C)C)C3)C2)cn1. The molecule has 0 aliphatic carbocycles. The van der Waals surface area contributed by atoms with Crippen LogP contribution in [-0.2, 0) is 16.1 Å². The molecule has 2 saturated heterocycles. The van der Waals surface area contributed by atoms with Gasteiger partial charge < -0.3 is 14.5 Å². The largest absolute Gasteiger partial charge is 0.444 e. The highest BCUT2D eigenvalue weighted by atomic mass is 19.2. The van der Waals surface area contributed by atoms with Crippen LogP contribution in [-0.4, -0.2) is 65.0 Å². The van der Waals surface area contributed by atoms with Gasteiger partial charge in [0.1, 0.15) is 17.9 Å². The molecule has 194 valence electrons. The second-order valence-corrected chi connectivity index (χ2v) is 10.7. The molecule has 0 atom stereocenters. The predicted octanol–water partition coefficient (Wildman–Crippen LogP) is 4.98. The highest BCUT2D eigenvalue weighted by Gasteiger charge is 2.46. The summed E-state index contributed by atoms with van der Waals surface area (Å²) in [6, 6.07) is 7.38. The van der Waals surface area contributed by atoms with E-state index in [1.54, 1.807) is 13.1 Å². The summed E-state index contributed by atoms with van der Waals surface area (Å²) in [5.41, 5.74) is 1.90. The van der Waals surface area contributed by atoms with Gasteiger partial charge in [-0.05, 0) is 70.4 Å². The van der Waals surface area contributed by atoms with Crippen molar-refractivity contribution >= 4 is 11.8 Å². The number of carbonyl (C=O) groups is 1. The minimum atomic E-state index is -0.951. The number of carbonyl (C=O) groups excluding carboxylic acids is 1. The van der Waals surface area contributed by atoms with E-state index in [1.165, 1.54) is 6.07 Å². The molecule has 2 aliphatic rings. The van der Waals surface area contributed by atoms with E-state index in [0.29, 0.717) is 23.6 Å². The summed E-state index contributed by atoms with van der Waals surface area (Å²) in [7, 11) is 0. The van der Waals surface area contributed by atoms with Gasteiger partial charge in [0, 0.05) is 49.9 Å². The molecule has 0 unspecified atom stereocenters. The van der Waals surface area contributed by atoms with Crippen LogP contribution in [0.25, 0.3) is 0 Å². The van der Waals surface area contributed by atoms with Crippen molar-refractivity contribution in [2.45, 2.75) is 52.7 Å². The van der Waals surface area contributed by atoms with Gasteiger partial charge in [-0.25, -0.2) is 13.6 Å². The van der Waals surface area contributed by atoms with Crippen LogP contribution >= 0.6 is 0 Å². The smallest absolute Gasteiger partial charge is 0.410 e. The van der Waals surface area contributed by atoms with Crippen LogP contribution < -0.4 is 0 Å². The molecular weight excluding hydrogens is 466 g/mol. The van der Waals surface area contributed by atoms with Crippen LogP contribution in [0.2, 0.25) is 0 Å². The Morgan fingerprint density at radius 1 is 1.14 bits per heavy atom. The van der Waals surface area contributed by atoms with Crippen LogP contribution in [0.3, 0.4) is 0 Å². The van der Waals surface area contributed by atoms with Crippen molar-refractivity contribution in [2.24, 2.45) is 10.6 Å². The molecule has 1 aromatic carbocycles. The topological polar surface area (TPSA) is 67.3 Å². The van der Waals surface area contributed by atoms with Crippen molar-refractivity contribution < 1.29 is 23.1 Å². The van der Waals surface area contributed by atoms with E-state index in [0.717, 1.165) is 63.3 Å². The molecule has 0 N–H and O–H groups in total. The molecule has 0 bridgehead atoms. The summed E-state index contributed by atoms with van der Waals surface area (Å²) >= 11 is 0. The zero-order chi connectivity index (χ0) is 25.9. The lowest BCUT2D eigenvalue weighted by Gasteiger charge is -2.54. The molecule has 7 nitrogen and oxygen atoms in total. The third-order valence-electron chi connectivity index (χ3n) is 6.38. The van der Waals surface area contributed by atoms with Crippen LogP contribution in [0.15, 0.2) is 41.7 Å². The van der Waals surface area contributed by atoms with E-state index in [1.807, 2.05) is 37.8 Å². The van der Waals surface area contributed by atoms with E-state index in [9.17, 15) is 13.6 Å². The number of hydrogen-bond donors (Lipinski definition) is 0. The summed E-state index contributed by atoms with van der Waals surface area (Å²) in [6.45, 7) is 11.8. The van der Waals surface area contributed by atoms with Crippen molar-refractivity contribution in [1.29, 1.82) is 0 Å². The molecule has 2 aliphatic heterocycles. The maximum atomic E-state index is 13.8. The Hall–Kier alpha value is -3.07. The Morgan fingerprint density at radius 2 is 1.92 bits per heavy atom. The van der Waals surface area contributed by atoms with Crippen LogP contribution in [0.4, 0.5) is 13.6 Å². The lowest BCUT2D eigenvalue weighted by Crippen LogP contribution is -2.63. The second-order valence-electron chi connectivity index (χ2n) is 10.7. The molecule has 0 saturated carbocycles. The summed E-state index contributed by atoms with van der Waals surface area (Å²) in [5, 5.41) is 4.08. The molecule has 2 fully saturated rings. The van der Waals surface area contributed by atoms with E-state index in [4.69, 9.17) is 9.57 Å². The van der Waals surface area contributed by atoms with E-state index < -0.39 is 17.2 Å². The average Bonchev–Trinajstić information content (AvgIpc) is 2.80. The van der Waals surface area contributed by atoms with Crippen molar-refractivity contribution in [1.82, 2.24) is 14.8 Å². The van der Waals surface area contributed by atoms with Crippen molar-refractivity contribution in [3.63, 3.8) is 0 Å². The Kier molecular flexibility index (Phi) is 7.59. The first kappa shape index (κ1) is 26.0. The van der Waals surface area contributed by atoms with Gasteiger partial charge in [-0.1, -0.05) is 11.2 Å². The zero-order valence-electron chi connectivity index (χ0n) is 21.4. The minimum Gasteiger partial charge on any atom is -0.444 e. The molecule has 4 rings (SSSR count). The molecule has 3 heterocycles. The van der Waals surface area contributed by atoms with E-state index >= 15 is 0 Å². The first-order valence-electron chi connectivity index (χ1n) is 12.4. The Bertz CT molecular complexity index is 1110. The molecule has 1 aromatic heterocycles. The number of ether oxygens (including phenoxy) is 1. The van der Waals surface area contributed by atoms with E-state index in [-0.39, 0.29) is 11.5 Å². The van der Waals surface area contributed by atoms with Crippen LogP contribution in [0.1, 0.15) is 57.4 Å². The first-order chi connectivity index (χ1) is 17.1. The Labute approximate surface area is 211 Å². The summed E-state index contributed by atoms with van der Waals surface area (Å²) in [6.07, 6.45) is 3.63. The number of nitrogens with zero attached hydrogens (tertiary/aromatic N) is 4. The predicted molar refractivity (Wildman–Crippen MR) is 133 cm³/mol. The van der Waals surface area contributed by atoms with Gasteiger partial charge in [0.2, 0.25) is 0 Å². The lowest BCUT2D eigenvalue weighted by molar-refractivity contribution is -0.0634. The maximum absolute atomic E-state index is 13.8. The number of aromatic nitrogens is 1. The van der Waals surface area contributed by atoms with Gasteiger partial charge in [-0.2, -0.15) is 0 Å². The van der Waals surface area contributed by atoms with Crippen LogP contribution in [0.5, 0.6) is 0 Å². The number of halogens is 2. The van der Waals surface area contributed by atoms with Crippen LogP contribution in [0, 0.1) is 17.0 Å². The summed E-state index contributed by atoms with van der Waals surface area (Å²) < 4.78 is 32.8. The first-order valence-corrected chi connectivity index (χ1v) is 12.4. The molecule has 1 amide bonds. The number of rotatable bonds is 6. The monoisotopic (exact) mass is 500 g/mol.